The first-order valence-corrected chi connectivity index (χ1v) is 10.2. The molecule has 1 saturated heterocycles. The summed E-state index contributed by atoms with van der Waals surface area (Å²) in [5.74, 6) is -0.126. The fourth-order valence-electron chi connectivity index (χ4n) is 3.94. The number of carbonyl (C=O) groups excluding carboxylic acids is 1. The van der Waals surface area contributed by atoms with Crippen molar-refractivity contribution in [2.24, 2.45) is 11.8 Å². The first-order valence-electron chi connectivity index (χ1n) is 10.2. The van der Waals surface area contributed by atoms with Gasteiger partial charge in [0.15, 0.2) is 0 Å². The van der Waals surface area contributed by atoms with Crippen LogP contribution in [0.5, 0.6) is 0 Å². The lowest BCUT2D eigenvalue weighted by Crippen LogP contribution is -2.18. The molecule has 3 unspecified atom stereocenters. The number of rotatable bonds is 4. The molecule has 30 heavy (non-hydrogen) atoms. The Morgan fingerprint density at radius 2 is 2.17 bits per heavy atom. The molecule has 3 atom stereocenters. The zero-order chi connectivity index (χ0) is 20.7. The van der Waals surface area contributed by atoms with Crippen molar-refractivity contribution in [1.82, 2.24) is 14.8 Å². The number of amides is 1. The third-order valence-electron chi connectivity index (χ3n) is 5.80. The van der Waals surface area contributed by atoms with Crippen molar-refractivity contribution in [3.63, 3.8) is 0 Å². The van der Waals surface area contributed by atoms with E-state index in [9.17, 15) is 4.79 Å². The molecule has 3 N–H and O–H groups in total. The second kappa shape index (κ2) is 7.43. The predicted octanol–water partition coefficient (Wildman–Crippen LogP) is 3.48. The normalized spacial score (nSPS) is 23.1. The van der Waals surface area contributed by atoms with E-state index < -0.39 is 0 Å². The lowest BCUT2D eigenvalue weighted by Gasteiger charge is -2.22. The summed E-state index contributed by atoms with van der Waals surface area (Å²) in [5, 5.41) is 17.9. The number of nitrogens with two attached hydrogens (primary N) is 1. The summed E-state index contributed by atoms with van der Waals surface area (Å²) in [6.45, 7) is 0.764. The number of nitriles is 1. The molecule has 8 nitrogen and oxygen atoms in total. The van der Waals surface area contributed by atoms with Crippen LogP contribution in [0.25, 0.3) is 21.9 Å². The molecule has 1 saturated carbocycles. The molecule has 0 radical (unpaired) electrons. The number of nitrogens with zero attached hydrogens (tertiary/aromatic N) is 4. The average molecular weight is 402 g/mol. The Balaban J connectivity index is 1.41. The van der Waals surface area contributed by atoms with E-state index in [1.165, 1.54) is 0 Å². The van der Waals surface area contributed by atoms with Crippen LogP contribution in [0.2, 0.25) is 0 Å². The molecule has 0 bridgehead atoms. The van der Waals surface area contributed by atoms with Gasteiger partial charge in [0.1, 0.15) is 12.0 Å². The van der Waals surface area contributed by atoms with Crippen molar-refractivity contribution in [3.05, 3.63) is 36.8 Å². The van der Waals surface area contributed by atoms with E-state index in [1.807, 2.05) is 35.3 Å². The van der Waals surface area contributed by atoms with Gasteiger partial charge in [0.25, 0.3) is 0 Å². The second-order valence-corrected chi connectivity index (χ2v) is 7.95. The van der Waals surface area contributed by atoms with E-state index >= 15 is 0 Å². The molecule has 2 aliphatic rings. The van der Waals surface area contributed by atoms with E-state index in [-0.39, 0.29) is 24.0 Å². The number of carbonyl (C=O) groups is 1. The van der Waals surface area contributed by atoms with Crippen molar-refractivity contribution < 1.29 is 9.53 Å². The number of nitrogens with one attached hydrogen (secondary N) is 1. The van der Waals surface area contributed by atoms with Crippen LogP contribution in [0.15, 0.2) is 36.8 Å². The molecule has 5 rings (SSSR count). The number of fused-ring (bicyclic) bond motifs is 1. The molecular weight excluding hydrogens is 380 g/mol. The number of nitrogen functional groups attached to an aromatic ring is 1. The van der Waals surface area contributed by atoms with Gasteiger partial charge in [-0.1, -0.05) is 0 Å². The fourth-order valence-corrected chi connectivity index (χ4v) is 3.94. The average Bonchev–Trinajstić information content (AvgIpc) is 3.40. The van der Waals surface area contributed by atoms with Crippen molar-refractivity contribution in [3.8, 4) is 17.2 Å². The van der Waals surface area contributed by atoms with Gasteiger partial charge in [-0.2, -0.15) is 10.4 Å². The van der Waals surface area contributed by atoms with Crippen LogP contribution in [0.3, 0.4) is 0 Å². The number of benzene rings is 1. The summed E-state index contributed by atoms with van der Waals surface area (Å²) in [6.07, 6.45) is 9.25. The molecule has 3 heterocycles. The Morgan fingerprint density at radius 3 is 2.93 bits per heavy atom. The lowest BCUT2D eigenvalue weighted by atomic mass is 10.0. The van der Waals surface area contributed by atoms with Gasteiger partial charge < -0.3 is 15.8 Å². The Bertz CT molecular complexity index is 1160. The molecule has 1 aliphatic heterocycles. The third kappa shape index (κ3) is 3.48. The number of pyridine rings is 1. The molecular formula is C22H22N6O2. The lowest BCUT2D eigenvalue weighted by molar-refractivity contribution is -0.117. The van der Waals surface area contributed by atoms with Gasteiger partial charge in [-0.15, -0.1) is 0 Å². The first-order chi connectivity index (χ1) is 14.6. The van der Waals surface area contributed by atoms with Crippen molar-refractivity contribution in [2.75, 3.05) is 17.7 Å². The summed E-state index contributed by atoms with van der Waals surface area (Å²) >= 11 is 0. The standard InChI is InChI=1S/C22H22N6O2/c23-9-15-6-17(15)22(29)27-20-8-14-5-13(7-19(24)18(14)11-25-20)16-10-26-28(12-16)21-3-1-2-4-30-21/h5,7-8,10-12,15,17,21H,1-4,6,24H2,(H,25,27,29). The molecule has 3 aromatic rings. The number of ether oxygens (including phenoxy) is 1. The zero-order valence-electron chi connectivity index (χ0n) is 16.4. The van der Waals surface area contributed by atoms with Gasteiger partial charge in [0.05, 0.1) is 24.1 Å². The van der Waals surface area contributed by atoms with Crippen LogP contribution in [0.1, 0.15) is 31.9 Å². The zero-order valence-corrected chi connectivity index (χ0v) is 16.4. The predicted molar refractivity (Wildman–Crippen MR) is 112 cm³/mol. The van der Waals surface area contributed by atoms with Gasteiger partial charge in [0.2, 0.25) is 5.91 Å². The van der Waals surface area contributed by atoms with E-state index in [0.717, 1.165) is 47.8 Å². The summed E-state index contributed by atoms with van der Waals surface area (Å²) in [4.78, 5) is 16.5. The van der Waals surface area contributed by atoms with Crippen LogP contribution in [0.4, 0.5) is 11.5 Å². The Morgan fingerprint density at radius 1 is 1.27 bits per heavy atom. The minimum atomic E-state index is -0.239. The third-order valence-corrected chi connectivity index (χ3v) is 5.80. The minimum Gasteiger partial charge on any atom is -0.398 e. The summed E-state index contributed by atoms with van der Waals surface area (Å²) in [5.41, 5.74) is 8.78. The highest BCUT2D eigenvalue weighted by Gasteiger charge is 2.43. The van der Waals surface area contributed by atoms with Gasteiger partial charge in [-0.3, -0.25) is 4.79 Å². The van der Waals surface area contributed by atoms with Gasteiger partial charge in [0, 0.05) is 35.6 Å². The van der Waals surface area contributed by atoms with E-state index in [1.54, 1.807) is 6.20 Å². The fraction of sp³-hybridized carbons (Fsp3) is 0.364. The summed E-state index contributed by atoms with van der Waals surface area (Å²) in [7, 11) is 0. The van der Waals surface area contributed by atoms with Gasteiger partial charge >= 0.3 is 0 Å². The maximum absolute atomic E-state index is 12.2. The van der Waals surface area contributed by atoms with Crippen LogP contribution in [-0.2, 0) is 9.53 Å². The maximum Gasteiger partial charge on any atom is 0.230 e. The van der Waals surface area contributed by atoms with Crippen LogP contribution < -0.4 is 11.1 Å². The Hall–Kier alpha value is -3.44. The largest absolute Gasteiger partial charge is 0.398 e. The van der Waals surface area contributed by atoms with E-state index in [4.69, 9.17) is 15.7 Å². The minimum absolute atomic E-state index is 0.0176. The molecule has 1 aromatic carbocycles. The molecule has 8 heteroatoms. The molecule has 1 amide bonds. The molecule has 2 aromatic heterocycles. The molecule has 1 aliphatic carbocycles. The number of hydrogen-bond donors (Lipinski definition) is 2. The van der Waals surface area contributed by atoms with Gasteiger partial charge in [-0.05, 0) is 54.8 Å². The van der Waals surface area contributed by atoms with E-state index in [2.05, 4.69) is 21.5 Å². The Kier molecular flexibility index (Phi) is 4.60. The second-order valence-electron chi connectivity index (χ2n) is 7.95. The van der Waals surface area contributed by atoms with Crippen LogP contribution >= 0.6 is 0 Å². The monoisotopic (exact) mass is 402 g/mol. The van der Waals surface area contributed by atoms with Crippen molar-refractivity contribution >= 4 is 28.2 Å². The summed E-state index contributed by atoms with van der Waals surface area (Å²) < 4.78 is 7.68. The maximum atomic E-state index is 12.2. The highest BCUT2D eigenvalue weighted by Crippen LogP contribution is 2.38. The number of hydrogen-bond acceptors (Lipinski definition) is 6. The highest BCUT2D eigenvalue weighted by atomic mass is 16.5. The quantitative estimate of drug-likeness (QED) is 0.645. The van der Waals surface area contributed by atoms with Crippen molar-refractivity contribution in [1.29, 1.82) is 5.26 Å². The van der Waals surface area contributed by atoms with Crippen LogP contribution in [0, 0.1) is 23.2 Å². The van der Waals surface area contributed by atoms with Crippen LogP contribution in [-0.4, -0.2) is 27.3 Å². The highest BCUT2D eigenvalue weighted by molar-refractivity contribution is 6.00. The number of anilines is 2. The van der Waals surface area contributed by atoms with Gasteiger partial charge in [-0.25, -0.2) is 9.67 Å². The first kappa shape index (κ1) is 18.6. The van der Waals surface area contributed by atoms with Crippen molar-refractivity contribution in [2.45, 2.75) is 31.9 Å². The SMILES string of the molecule is N#CC1CC1C(=O)Nc1cc2cc(-c3cnn(C4CCCCO4)c3)cc(N)c2cn1. The Labute approximate surface area is 173 Å². The molecule has 2 fully saturated rings. The topological polar surface area (TPSA) is 119 Å². The smallest absolute Gasteiger partial charge is 0.230 e. The van der Waals surface area contributed by atoms with E-state index in [0.29, 0.717) is 17.9 Å². The number of aromatic nitrogens is 3. The summed E-state index contributed by atoms with van der Waals surface area (Å²) in [6, 6.07) is 7.87. The molecule has 0 spiro atoms. The molecule has 152 valence electrons.